The number of hydrogen-bond donors (Lipinski definition) is 2. The molecule has 0 atom stereocenters. The smallest absolute Gasteiger partial charge is 0.119 e. The number of ether oxygens (including phenoxy) is 2. The number of aliphatic hydroxyl groups is 1. The number of hydrogen-bond acceptors (Lipinski definition) is 4. The summed E-state index contributed by atoms with van der Waals surface area (Å²) in [7, 11) is 0. The lowest BCUT2D eigenvalue weighted by atomic mass is 10.2. The molecule has 0 heterocycles. The molecule has 0 saturated heterocycles. The molecule has 0 fully saturated rings. The number of aliphatic hydroxyl groups excluding tert-OH is 1. The Morgan fingerprint density at radius 1 is 1.05 bits per heavy atom. The molecule has 0 aliphatic rings. The Morgan fingerprint density at radius 3 is 2.55 bits per heavy atom. The van der Waals surface area contributed by atoms with Crippen molar-refractivity contribution in [2.75, 3.05) is 33.0 Å². The molecule has 2 N–H and O–H groups in total. The van der Waals surface area contributed by atoms with Crippen LogP contribution in [0.15, 0.2) is 24.3 Å². The van der Waals surface area contributed by atoms with Crippen molar-refractivity contribution in [3.05, 3.63) is 29.8 Å². The molecule has 1 aromatic carbocycles. The van der Waals surface area contributed by atoms with Gasteiger partial charge in [-0.2, -0.15) is 0 Å². The first kappa shape index (κ1) is 17.0. The van der Waals surface area contributed by atoms with Crippen LogP contribution < -0.4 is 10.1 Å². The van der Waals surface area contributed by atoms with Crippen LogP contribution in [0.4, 0.5) is 0 Å². The van der Waals surface area contributed by atoms with Gasteiger partial charge in [-0.1, -0.05) is 25.5 Å². The first-order chi connectivity index (χ1) is 9.86. The highest BCUT2D eigenvalue weighted by atomic mass is 16.5. The van der Waals surface area contributed by atoms with E-state index in [0.717, 1.165) is 44.7 Å². The van der Waals surface area contributed by atoms with E-state index in [1.807, 2.05) is 12.1 Å². The van der Waals surface area contributed by atoms with Gasteiger partial charge in [-0.15, -0.1) is 0 Å². The molecule has 0 spiro atoms. The Balaban J connectivity index is 2.08. The highest BCUT2D eigenvalue weighted by Gasteiger charge is 1.96. The summed E-state index contributed by atoms with van der Waals surface area (Å²) in [5.74, 6) is 0.944. The highest BCUT2D eigenvalue weighted by Crippen LogP contribution is 2.12. The number of nitrogens with one attached hydrogen (secondary N) is 1. The lowest BCUT2D eigenvalue weighted by molar-refractivity contribution is 0.0907. The zero-order chi connectivity index (χ0) is 14.5. The van der Waals surface area contributed by atoms with Crippen LogP contribution in [0.2, 0.25) is 0 Å². The van der Waals surface area contributed by atoms with E-state index in [1.165, 1.54) is 5.56 Å². The fourth-order valence-corrected chi connectivity index (χ4v) is 1.74. The van der Waals surface area contributed by atoms with Crippen LogP contribution in [0.25, 0.3) is 0 Å². The fraction of sp³-hybridized carbons (Fsp3) is 0.625. The van der Waals surface area contributed by atoms with Crippen molar-refractivity contribution in [3.8, 4) is 5.75 Å². The Morgan fingerprint density at radius 2 is 1.85 bits per heavy atom. The van der Waals surface area contributed by atoms with E-state index >= 15 is 0 Å². The number of unbranched alkanes of at least 4 members (excludes halogenated alkanes) is 1. The van der Waals surface area contributed by atoms with Gasteiger partial charge in [0.15, 0.2) is 0 Å². The molecule has 0 aromatic heterocycles. The van der Waals surface area contributed by atoms with Crippen molar-refractivity contribution >= 4 is 0 Å². The van der Waals surface area contributed by atoms with Gasteiger partial charge in [-0.05, 0) is 37.1 Å². The number of benzene rings is 1. The van der Waals surface area contributed by atoms with E-state index in [-0.39, 0.29) is 6.61 Å². The van der Waals surface area contributed by atoms with E-state index in [2.05, 4.69) is 24.4 Å². The highest BCUT2D eigenvalue weighted by molar-refractivity contribution is 5.27. The van der Waals surface area contributed by atoms with E-state index in [0.29, 0.717) is 13.2 Å². The minimum atomic E-state index is 0.0973. The van der Waals surface area contributed by atoms with Crippen LogP contribution in [0.1, 0.15) is 31.7 Å². The number of rotatable bonds is 12. The zero-order valence-electron chi connectivity index (χ0n) is 12.4. The Labute approximate surface area is 122 Å². The first-order valence-electron chi connectivity index (χ1n) is 7.48. The van der Waals surface area contributed by atoms with Gasteiger partial charge in [0, 0.05) is 13.2 Å². The molecule has 114 valence electrons. The van der Waals surface area contributed by atoms with Gasteiger partial charge in [0.2, 0.25) is 0 Å². The molecule has 0 bridgehead atoms. The maximum atomic E-state index is 8.56. The van der Waals surface area contributed by atoms with E-state index < -0.39 is 0 Å². The monoisotopic (exact) mass is 281 g/mol. The summed E-state index contributed by atoms with van der Waals surface area (Å²) in [6.45, 7) is 5.95. The van der Waals surface area contributed by atoms with Crippen LogP contribution in [0, 0.1) is 0 Å². The first-order valence-corrected chi connectivity index (χ1v) is 7.48. The molecule has 4 heteroatoms. The lowest BCUT2D eigenvalue weighted by Crippen LogP contribution is -2.16. The average molecular weight is 281 g/mol. The van der Waals surface area contributed by atoms with Gasteiger partial charge in [0.05, 0.1) is 19.8 Å². The molecule has 0 aliphatic heterocycles. The molecule has 1 aromatic rings. The van der Waals surface area contributed by atoms with Crippen molar-refractivity contribution in [2.45, 2.75) is 32.7 Å². The second-order valence-electron chi connectivity index (χ2n) is 4.71. The van der Waals surface area contributed by atoms with Crippen molar-refractivity contribution in [2.24, 2.45) is 0 Å². The second-order valence-corrected chi connectivity index (χ2v) is 4.71. The van der Waals surface area contributed by atoms with E-state index in [4.69, 9.17) is 14.6 Å². The lowest BCUT2D eigenvalue weighted by Gasteiger charge is -2.08. The average Bonchev–Trinajstić information content (AvgIpc) is 2.48. The fourth-order valence-electron chi connectivity index (χ4n) is 1.74. The van der Waals surface area contributed by atoms with E-state index in [9.17, 15) is 0 Å². The minimum Gasteiger partial charge on any atom is -0.494 e. The molecule has 0 unspecified atom stereocenters. The van der Waals surface area contributed by atoms with Gasteiger partial charge in [0.25, 0.3) is 0 Å². The Hall–Kier alpha value is -1.10. The summed E-state index contributed by atoms with van der Waals surface area (Å²) in [5.41, 5.74) is 1.25. The molecule has 4 nitrogen and oxygen atoms in total. The third-order valence-corrected chi connectivity index (χ3v) is 2.90. The molecular formula is C16H27NO3. The largest absolute Gasteiger partial charge is 0.494 e. The molecule has 20 heavy (non-hydrogen) atoms. The van der Waals surface area contributed by atoms with Crippen LogP contribution in [0.5, 0.6) is 5.75 Å². The summed E-state index contributed by atoms with van der Waals surface area (Å²) in [4.78, 5) is 0. The maximum Gasteiger partial charge on any atom is 0.119 e. The Kier molecular flexibility index (Phi) is 9.92. The van der Waals surface area contributed by atoms with Crippen LogP contribution in [-0.4, -0.2) is 38.1 Å². The van der Waals surface area contributed by atoms with Gasteiger partial charge in [-0.25, -0.2) is 0 Å². The van der Waals surface area contributed by atoms with Crippen LogP contribution >= 0.6 is 0 Å². The molecule has 1 rings (SSSR count). The van der Waals surface area contributed by atoms with Crippen LogP contribution in [-0.2, 0) is 11.3 Å². The second kappa shape index (κ2) is 11.7. The molecule has 0 amide bonds. The third-order valence-electron chi connectivity index (χ3n) is 2.90. The normalized spacial score (nSPS) is 10.7. The summed E-state index contributed by atoms with van der Waals surface area (Å²) in [6, 6.07) is 8.24. The third kappa shape index (κ3) is 8.15. The summed E-state index contributed by atoms with van der Waals surface area (Å²) in [5, 5.41) is 11.9. The van der Waals surface area contributed by atoms with Gasteiger partial charge in [0.1, 0.15) is 5.75 Å². The summed E-state index contributed by atoms with van der Waals surface area (Å²) in [6.07, 6.45) is 3.21. The predicted octanol–water partition coefficient (Wildman–Crippen LogP) is 2.35. The molecule has 0 aliphatic carbocycles. The molecule has 0 radical (unpaired) electrons. The summed E-state index contributed by atoms with van der Waals surface area (Å²) < 4.78 is 10.8. The predicted molar refractivity (Wildman–Crippen MR) is 81.1 cm³/mol. The maximum absolute atomic E-state index is 8.56. The zero-order valence-corrected chi connectivity index (χ0v) is 12.4. The molecular weight excluding hydrogens is 254 g/mol. The van der Waals surface area contributed by atoms with Gasteiger partial charge >= 0.3 is 0 Å². The quantitative estimate of drug-likeness (QED) is 0.577. The van der Waals surface area contributed by atoms with E-state index in [1.54, 1.807) is 0 Å². The summed E-state index contributed by atoms with van der Waals surface area (Å²) >= 11 is 0. The van der Waals surface area contributed by atoms with Crippen molar-refractivity contribution < 1.29 is 14.6 Å². The van der Waals surface area contributed by atoms with Gasteiger partial charge < -0.3 is 19.9 Å². The topological polar surface area (TPSA) is 50.7 Å². The van der Waals surface area contributed by atoms with Crippen molar-refractivity contribution in [1.29, 1.82) is 0 Å². The SMILES string of the molecule is CCCCOc1ccc(CNCCCOCCO)cc1. The standard InChI is InChI=1S/C16H27NO3/c1-2-3-12-20-16-7-5-15(6-8-16)14-17-9-4-11-19-13-10-18/h5-8,17-18H,2-4,9-14H2,1H3. The Bertz CT molecular complexity index is 327. The van der Waals surface area contributed by atoms with Gasteiger partial charge in [-0.3, -0.25) is 0 Å². The van der Waals surface area contributed by atoms with Crippen LogP contribution in [0.3, 0.4) is 0 Å². The van der Waals surface area contributed by atoms with Crippen molar-refractivity contribution in [3.63, 3.8) is 0 Å². The molecule has 0 saturated carbocycles. The van der Waals surface area contributed by atoms with Crippen molar-refractivity contribution in [1.82, 2.24) is 5.32 Å². The minimum absolute atomic E-state index is 0.0973.